The van der Waals surface area contributed by atoms with E-state index in [4.69, 9.17) is 18.6 Å². The minimum Gasteiger partial charge on any atom is -0.539 e. The zero-order valence-corrected chi connectivity index (χ0v) is 22.6. The number of benzene rings is 2. The molecular formula is C28H40O4Si. The smallest absolute Gasteiger partial charge is 0.250 e. The zero-order valence-electron chi connectivity index (χ0n) is 21.6. The summed E-state index contributed by atoms with van der Waals surface area (Å²) in [6, 6.07) is 11.8. The van der Waals surface area contributed by atoms with Crippen LogP contribution in [0, 0.1) is 0 Å². The van der Waals surface area contributed by atoms with E-state index in [-0.39, 0.29) is 12.0 Å². The first-order valence-electron chi connectivity index (χ1n) is 12.3. The molecule has 1 heterocycles. The zero-order chi connectivity index (χ0) is 24.2. The maximum absolute atomic E-state index is 6.72. The topological polar surface area (TPSA) is 36.9 Å². The quantitative estimate of drug-likeness (QED) is 0.332. The van der Waals surface area contributed by atoms with Crippen molar-refractivity contribution in [3.05, 3.63) is 52.6 Å². The molecule has 0 aromatic heterocycles. The van der Waals surface area contributed by atoms with Gasteiger partial charge in [-0.15, -0.1) is 0 Å². The van der Waals surface area contributed by atoms with Gasteiger partial charge in [0, 0.05) is 17.0 Å². The molecule has 4 nitrogen and oxygen atoms in total. The van der Waals surface area contributed by atoms with Gasteiger partial charge in [-0.25, -0.2) is 0 Å². The highest BCUT2D eigenvalue weighted by Crippen LogP contribution is 2.51. The van der Waals surface area contributed by atoms with E-state index in [2.05, 4.69) is 78.0 Å². The number of fused-ring (bicyclic) bond motifs is 1. The SMILES string of the molecule is C/C=C/c1cc(CC)c2c(c1)C(C)C(c1cc(OC)c(O[Si](CC)(CC)CC)c(OC)c1)O2. The van der Waals surface area contributed by atoms with Gasteiger partial charge in [0.15, 0.2) is 17.2 Å². The Morgan fingerprint density at radius 3 is 2.03 bits per heavy atom. The molecule has 2 aromatic carbocycles. The first kappa shape index (κ1) is 25.2. The molecule has 2 atom stereocenters. The van der Waals surface area contributed by atoms with Crippen LogP contribution in [0.2, 0.25) is 18.1 Å². The summed E-state index contributed by atoms with van der Waals surface area (Å²) in [6.07, 6.45) is 5.07. The van der Waals surface area contributed by atoms with Crippen molar-refractivity contribution in [2.24, 2.45) is 0 Å². The van der Waals surface area contributed by atoms with Crippen LogP contribution >= 0.6 is 0 Å². The number of hydrogen-bond donors (Lipinski definition) is 0. The molecule has 180 valence electrons. The van der Waals surface area contributed by atoms with Gasteiger partial charge >= 0.3 is 0 Å². The number of methoxy groups -OCH3 is 2. The molecule has 33 heavy (non-hydrogen) atoms. The Bertz CT molecular complexity index is 960. The summed E-state index contributed by atoms with van der Waals surface area (Å²) in [5.41, 5.74) is 4.78. The Kier molecular flexibility index (Phi) is 8.17. The lowest BCUT2D eigenvalue weighted by molar-refractivity contribution is 0.213. The van der Waals surface area contributed by atoms with Crippen LogP contribution in [0.25, 0.3) is 6.08 Å². The minimum absolute atomic E-state index is 0.103. The van der Waals surface area contributed by atoms with Gasteiger partial charge in [-0.2, -0.15) is 0 Å². The van der Waals surface area contributed by atoms with E-state index in [1.54, 1.807) is 14.2 Å². The molecule has 2 unspecified atom stereocenters. The highest BCUT2D eigenvalue weighted by atomic mass is 28.4. The number of hydrogen-bond acceptors (Lipinski definition) is 4. The van der Waals surface area contributed by atoms with E-state index >= 15 is 0 Å². The fourth-order valence-corrected chi connectivity index (χ4v) is 7.44. The second-order valence-corrected chi connectivity index (χ2v) is 13.6. The molecule has 1 aliphatic rings. The van der Waals surface area contributed by atoms with Crippen LogP contribution in [0.1, 0.15) is 75.8 Å². The molecule has 0 aliphatic carbocycles. The van der Waals surface area contributed by atoms with Crippen LogP contribution in [0.4, 0.5) is 0 Å². The van der Waals surface area contributed by atoms with Crippen LogP contribution in [-0.4, -0.2) is 22.5 Å². The van der Waals surface area contributed by atoms with E-state index in [1.165, 1.54) is 16.7 Å². The monoisotopic (exact) mass is 468 g/mol. The molecule has 0 amide bonds. The summed E-state index contributed by atoms with van der Waals surface area (Å²) in [5, 5.41) is 0. The van der Waals surface area contributed by atoms with E-state index in [0.29, 0.717) is 11.5 Å². The number of ether oxygens (including phenoxy) is 3. The molecule has 0 N–H and O–H groups in total. The van der Waals surface area contributed by atoms with Crippen molar-refractivity contribution in [3.63, 3.8) is 0 Å². The molecule has 0 bridgehead atoms. The molecular weight excluding hydrogens is 428 g/mol. The number of rotatable bonds is 10. The van der Waals surface area contributed by atoms with E-state index in [9.17, 15) is 0 Å². The third kappa shape index (κ3) is 4.79. The van der Waals surface area contributed by atoms with E-state index < -0.39 is 8.32 Å². The fraction of sp³-hybridized carbons (Fsp3) is 0.500. The molecule has 0 spiro atoms. The Balaban J connectivity index is 2.05. The maximum atomic E-state index is 6.72. The van der Waals surface area contributed by atoms with Crippen LogP contribution in [-0.2, 0) is 6.42 Å². The molecule has 0 saturated carbocycles. The predicted octanol–water partition coefficient (Wildman–Crippen LogP) is 7.92. The maximum Gasteiger partial charge on any atom is 0.250 e. The van der Waals surface area contributed by atoms with Crippen LogP contribution < -0.4 is 18.6 Å². The van der Waals surface area contributed by atoms with Gasteiger partial charge in [-0.3, -0.25) is 0 Å². The Morgan fingerprint density at radius 1 is 0.939 bits per heavy atom. The van der Waals surface area contributed by atoms with Crippen LogP contribution in [0.15, 0.2) is 30.3 Å². The third-order valence-electron chi connectivity index (χ3n) is 7.21. The van der Waals surface area contributed by atoms with Gasteiger partial charge in [0.05, 0.1) is 14.2 Å². The summed E-state index contributed by atoms with van der Waals surface area (Å²) in [5.74, 6) is 3.40. The number of allylic oxidation sites excluding steroid dienone is 1. The van der Waals surface area contributed by atoms with Gasteiger partial charge in [0.1, 0.15) is 11.9 Å². The highest BCUT2D eigenvalue weighted by Gasteiger charge is 2.37. The van der Waals surface area contributed by atoms with Crippen molar-refractivity contribution in [1.29, 1.82) is 0 Å². The van der Waals surface area contributed by atoms with Gasteiger partial charge in [0.25, 0.3) is 8.32 Å². The Labute approximate surface area is 201 Å². The van der Waals surface area contributed by atoms with Gasteiger partial charge in [-0.1, -0.05) is 46.8 Å². The summed E-state index contributed by atoms with van der Waals surface area (Å²) in [6.45, 7) is 13.2. The first-order valence-corrected chi connectivity index (χ1v) is 14.8. The average Bonchev–Trinajstić information content (AvgIpc) is 3.18. The molecule has 1 aliphatic heterocycles. The second-order valence-electron chi connectivity index (χ2n) is 8.88. The van der Waals surface area contributed by atoms with E-state index in [0.717, 1.165) is 41.6 Å². The van der Waals surface area contributed by atoms with Crippen LogP contribution in [0.5, 0.6) is 23.0 Å². The van der Waals surface area contributed by atoms with Gasteiger partial charge < -0.3 is 18.6 Å². The second kappa shape index (κ2) is 10.7. The largest absolute Gasteiger partial charge is 0.539 e. The molecule has 0 saturated heterocycles. The summed E-state index contributed by atoms with van der Waals surface area (Å²) in [4.78, 5) is 0. The average molecular weight is 469 g/mol. The lowest BCUT2D eigenvalue weighted by Gasteiger charge is -2.31. The molecule has 2 aromatic rings. The summed E-state index contributed by atoms with van der Waals surface area (Å²) >= 11 is 0. The third-order valence-corrected chi connectivity index (χ3v) is 11.7. The molecule has 3 rings (SSSR count). The first-order chi connectivity index (χ1) is 15.9. The van der Waals surface area contributed by atoms with Crippen molar-refractivity contribution < 1.29 is 18.6 Å². The van der Waals surface area contributed by atoms with Crippen molar-refractivity contribution in [2.75, 3.05) is 14.2 Å². The standard InChI is InChI=1S/C28H40O4Si/c1-9-14-20-15-21(10-2)27-23(16-20)19(6)26(31-27)22-17-24(29-7)28(25(18-22)30-8)32-33(11-3,12-4)13-5/h9,14-19,26H,10-13H2,1-8H3/b14-9+. The molecule has 0 fully saturated rings. The minimum atomic E-state index is -1.89. The molecule has 0 radical (unpaired) electrons. The summed E-state index contributed by atoms with van der Waals surface area (Å²) < 4.78 is 25.0. The lowest BCUT2D eigenvalue weighted by Crippen LogP contribution is -2.39. The van der Waals surface area contributed by atoms with Crippen molar-refractivity contribution >= 4 is 14.4 Å². The molecule has 5 heteroatoms. The normalized spacial score (nSPS) is 17.7. The van der Waals surface area contributed by atoms with E-state index in [1.807, 2.05) is 0 Å². The fourth-order valence-electron chi connectivity index (χ4n) is 4.87. The predicted molar refractivity (Wildman–Crippen MR) is 140 cm³/mol. The van der Waals surface area contributed by atoms with Gasteiger partial charge in [-0.05, 0) is 66.9 Å². The van der Waals surface area contributed by atoms with Crippen molar-refractivity contribution in [2.45, 2.75) is 78.1 Å². The Hall–Kier alpha value is -2.40. The lowest BCUT2D eigenvalue weighted by atomic mass is 9.90. The van der Waals surface area contributed by atoms with Gasteiger partial charge in [0.2, 0.25) is 0 Å². The number of aryl methyl sites for hydroxylation is 1. The van der Waals surface area contributed by atoms with Crippen molar-refractivity contribution in [1.82, 2.24) is 0 Å². The van der Waals surface area contributed by atoms with Crippen molar-refractivity contribution in [3.8, 4) is 23.0 Å². The Morgan fingerprint density at radius 2 is 1.55 bits per heavy atom. The van der Waals surface area contributed by atoms with Crippen LogP contribution in [0.3, 0.4) is 0 Å². The summed E-state index contributed by atoms with van der Waals surface area (Å²) in [7, 11) is 1.51. The highest BCUT2D eigenvalue weighted by molar-refractivity contribution is 6.74.